The SMILES string of the molecule is CC(C)(C)OC(=O)N1CCC(N=C(N)N2Cc3ccc(OC[C@H](O/N=C(\C(=O)C[C@@H]4C(=O)N(OS(=O)(=O)O)C4(C)C)c4csc(NC(c5ccccc5)(c5ccccc5)c5ccccc5)n4)C(=O)OC(c4ccccc4)c4ccccc4)cc3C2)CC1. The number of hydrogen-bond acceptors (Lipinski definition) is 16. The Kier molecular flexibility index (Phi) is 18.2. The first-order valence-electron chi connectivity index (χ1n) is 28.4. The molecular formula is C65H68N8O12S2. The summed E-state index contributed by atoms with van der Waals surface area (Å²) in [5, 5.41) is 10.6. The molecule has 0 spiro atoms. The summed E-state index contributed by atoms with van der Waals surface area (Å²) in [7, 11) is -5.11. The number of Topliss-reactive ketones (excluding diaryl/α,β-unsaturated/α-hetero) is 1. The molecule has 87 heavy (non-hydrogen) atoms. The Labute approximate surface area is 509 Å². The van der Waals surface area contributed by atoms with Gasteiger partial charge in [0.1, 0.15) is 29.2 Å². The summed E-state index contributed by atoms with van der Waals surface area (Å²) in [6, 6.07) is 53.2. The predicted molar refractivity (Wildman–Crippen MR) is 327 cm³/mol. The number of likely N-dealkylation sites (tertiary alicyclic amines) is 1. The van der Waals surface area contributed by atoms with Crippen molar-refractivity contribution >= 4 is 62.3 Å². The van der Waals surface area contributed by atoms with E-state index in [9.17, 15) is 32.1 Å². The van der Waals surface area contributed by atoms with Crippen molar-refractivity contribution in [1.29, 1.82) is 0 Å². The molecule has 6 aromatic carbocycles. The van der Waals surface area contributed by atoms with Crippen LogP contribution in [0.3, 0.4) is 0 Å². The zero-order valence-electron chi connectivity index (χ0n) is 48.7. The predicted octanol–water partition coefficient (Wildman–Crippen LogP) is 10.0. The molecule has 0 radical (unpaired) electrons. The molecule has 20 nitrogen and oxygen atoms in total. The van der Waals surface area contributed by atoms with Crippen LogP contribution in [-0.2, 0) is 62.0 Å². The molecule has 4 heterocycles. The molecule has 22 heteroatoms. The summed E-state index contributed by atoms with van der Waals surface area (Å²) in [5.41, 5.74) is 9.08. The number of nitrogens with one attached hydrogen (secondary N) is 1. The Morgan fingerprint density at radius 3 is 1.85 bits per heavy atom. The number of anilines is 1. The van der Waals surface area contributed by atoms with Crippen LogP contribution in [0.25, 0.3) is 0 Å². The number of rotatable bonds is 21. The minimum Gasteiger partial charge on any atom is -0.489 e. The number of aromatic nitrogens is 1. The van der Waals surface area contributed by atoms with Crippen LogP contribution < -0.4 is 15.8 Å². The molecule has 3 aliphatic heterocycles. The number of ether oxygens (including phenoxy) is 3. The highest BCUT2D eigenvalue weighted by Gasteiger charge is 2.58. The highest BCUT2D eigenvalue weighted by molar-refractivity contribution is 7.80. The highest BCUT2D eigenvalue weighted by Crippen LogP contribution is 2.43. The number of carbonyl (C=O) groups excluding carboxylic acids is 4. The van der Waals surface area contributed by atoms with E-state index in [-0.39, 0.29) is 23.5 Å². The van der Waals surface area contributed by atoms with Crippen molar-refractivity contribution in [2.75, 3.05) is 25.0 Å². The number of nitrogens with zero attached hydrogens (tertiary/aromatic N) is 6. The minimum absolute atomic E-state index is 0.0166. The third kappa shape index (κ3) is 14.3. The molecule has 10 rings (SSSR count). The normalized spacial score (nSPS) is 16.8. The number of fused-ring (bicyclic) bond motifs is 1. The van der Waals surface area contributed by atoms with Crippen LogP contribution in [0.15, 0.2) is 185 Å². The molecule has 2 atom stereocenters. The summed E-state index contributed by atoms with van der Waals surface area (Å²) in [6.45, 7) is 9.90. The molecule has 0 saturated carbocycles. The number of aliphatic imine (C=N–C) groups is 1. The number of esters is 1. The smallest absolute Gasteiger partial charge is 0.418 e. The first-order valence-corrected chi connectivity index (χ1v) is 30.7. The Morgan fingerprint density at radius 1 is 0.782 bits per heavy atom. The topological polar surface area (TPSA) is 254 Å². The Bertz CT molecular complexity index is 3610. The molecule has 2 fully saturated rings. The maximum absolute atomic E-state index is 15.0. The Balaban J connectivity index is 0.962. The quantitative estimate of drug-likeness (QED) is 0.0115. The van der Waals surface area contributed by atoms with Crippen molar-refractivity contribution in [3.63, 3.8) is 0 Å². The van der Waals surface area contributed by atoms with Gasteiger partial charge in [-0.05, 0) is 98.5 Å². The number of oxime groups is 1. The van der Waals surface area contributed by atoms with Gasteiger partial charge in [-0.2, -0.15) is 13.5 Å². The van der Waals surface area contributed by atoms with Gasteiger partial charge in [-0.3, -0.25) is 14.1 Å². The van der Waals surface area contributed by atoms with E-state index in [1.54, 1.807) is 16.3 Å². The summed E-state index contributed by atoms with van der Waals surface area (Å²) in [6.07, 6.45) is -2.19. The fraction of sp³-hybridized carbons (Fsp3) is 0.308. The second-order valence-electron chi connectivity index (χ2n) is 22.9. The third-order valence-corrected chi connectivity index (χ3v) is 16.5. The van der Waals surface area contributed by atoms with Gasteiger partial charge in [-0.25, -0.2) is 19.6 Å². The number of nitrogens with two attached hydrogens (primary N) is 1. The number of thiazole rings is 1. The zero-order chi connectivity index (χ0) is 61.5. The van der Waals surface area contributed by atoms with Gasteiger partial charge in [-0.15, -0.1) is 15.6 Å². The number of guanidine groups is 1. The number of carbonyl (C=O) groups is 4. The molecule has 0 unspecified atom stereocenters. The van der Waals surface area contributed by atoms with Gasteiger partial charge in [-0.1, -0.05) is 163 Å². The van der Waals surface area contributed by atoms with Crippen LogP contribution in [0.5, 0.6) is 5.75 Å². The largest absolute Gasteiger partial charge is 0.489 e. The van der Waals surface area contributed by atoms with E-state index in [2.05, 4.69) is 14.8 Å². The molecular weight excluding hydrogens is 1150 g/mol. The van der Waals surface area contributed by atoms with Gasteiger partial charge in [0.15, 0.2) is 28.7 Å². The van der Waals surface area contributed by atoms with Crippen molar-refractivity contribution < 1.29 is 55.5 Å². The average Bonchev–Trinajstić information content (AvgIpc) is 2.30. The van der Waals surface area contributed by atoms with E-state index < -0.39 is 75.9 Å². The van der Waals surface area contributed by atoms with E-state index in [1.165, 1.54) is 25.2 Å². The van der Waals surface area contributed by atoms with Crippen molar-refractivity contribution in [3.8, 4) is 5.75 Å². The monoisotopic (exact) mass is 1220 g/mol. The lowest BCUT2D eigenvalue weighted by atomic mass is 9.74. The number of β-lactam (4-membered cyclic amide) rings is 1. The highest BCUT2D eigenvalue weighted by atomic mass is 32.3. The van der Waals surface area contributed by atoms with Crippen LogP contribution in [-0.4, -0.2) is 111 Å². The number of piperidine rings is 1. The lowest BCUT2D eigenvalue weighted by Gasteiger charge is -2.50. The standard InChI is InChI=1S/C65H68N8O12S2/c1-63(2,3)83-62(77)71-35-33-50(34-36-71)67-60(66)72-39-45-31-32-51(37-46(45)40-72)81-41-55(59(76)82-57(43-21-11-6-12-22-43)44-23-13-7-14-24-44)84-70-56(54(74)38-52-58(75)73(64(52,4)5)85-87(78,79)80)53-42-86-61(68-53)69-65(47-25-15-8-16-26-47,48-27-17-9-18-28-48)49-29-19-10-20-30-49/h6-32,37,42,50,52,55,57H,33-36,38-41H2,1-5H3,(H2,66,67)(H,68,69)(H,78,79,80)/b70-56-/t52-,55+/m1/s1. The van der Waals surface area contributed by atoms with Crippen molar-refractivity contribution in [2.45, 2.75) is 102 Å². The summed E-state index contributed by atoms with van der Waals surface area (Å²) in [5.74, 6) is -2.97. The lowest BCUT2D eigenvalue weighted by molar-refractivity contribution is -0.228. The first-order chi connectivity index (χ1) is 41.6. The van der Waals surface area contributed by atoms with E-state index >= 15 is 0 Å². The lowest BCUT2D eigenvalue weighted by Crippen LogP contribution is -2.68. The van der Waals surface area contributed by atoms with Gasteiger partial charge in [0.2, 0.25) is 0 Å². The van der Waals surface area contributed by atoms with Gasteiger partial charge in [0, 0.05) is 38.0 Å². The van der Waals surface area contributed by atoms with Crippen LogP contribution in [0.4, 0.5) is 9.93 Å². The zero-order valence-corrected chi connectivity index (χ0v) is 50.4. The average molecular weight is 1220 g/mol. The number of amides is 2. The van der Waals surface area contributed by atoms with Gasteiger partial charge in [0.25, 0.3) is 12.0 Å². The second-order valence-corrected chi connectivity index (χ2v) is 24.8. The number of hydroxylamine groups is 2. The van der Waals surface area contributed by atoms with Crippen LogP contribution >= 0.6 is 11.3 Å². The summed E-state index contributed by atoms with van der Waals surface area (Å²) >= 11 is 1.17. The van der Waals surface area contributed by atoms with E-state index in [4.69, 9.17) is 34.8 Å². The maximum Gasteiger partial charge on any atom is 0.418 e. The third-order valence-electron chi connectivity index (χ3n) is 15.4. The van der Waals surface area contributed by atoms with Crippen molar-refractivity contribution in [3.05, 3.63) is 220 Å². The molecule has 3 aliphatic rings. The number of hydrogen-bond donors (Lipinski definition) is 3. The van der Waals surface area contributed by atoms with E-state index in [0.717, 1.165) is 27.8 Å². The summed E-state index contributed by atoms with van der Waals surface area (Å²) in [4.78, 5) is 75.8. The molecule has 0 bridgehead atoms. The second kappa shape index (κ2) is 25.9. The number of ketones is 1. The van der Waals surface area contributed by atoms with E-state index in [0.29, 0.717) is 72.1 Å². The Hall–Kier alpha value is -8.96. The van der Waals surface area contributed by atoms with Crippen LogP contribution in [0.2, 0.25) is 0 Å². The van der Waals surface area contributed by atoms with Crippen molar-refractivity contribution in [1.82, 2.24) is 19.8 Å². The molecule has 7 aromatic rings. The fourth-order valence-electron chi connectivity index (χ4n) is 10.9. The molecule has 2 saturated heterocycles. The Morgan fingerprint density at radius 2 is 1.32 bits per heavy atom. The van der Waals surface area contributed by atoms with Crippen LogP contribution in [0, 0.1) is 5.92 Å². The van der Waals surface area contributed by atoms with Gasteiger partial charge >= 0.3 is 22.5 Å². The van der Waals surface area contributed by atoms with Gasteiger partial charge in [0.05, 0.1) is 17.5 Å². The number of benzene rings is 6. The first kappa shape index (κ1) is 61.1. The maximum atomic E-state index is 15.0. The van der Waals surface area contributed by atoms with Crippen molar-refractivity contribution in [2.24, 2.45) is 21.8 Å². The molecule has 452 valence electrons. The minimum atomic E-state index is -5.11. The summed E-state index contributed by atoms with van der Waals surface area (Å²) < 4.78 is 56.0. The molecule has 2 amide bonds. The van der Waals surface area contributed by atoms with E-state index in [1.807, 2.05) is 189 Å². The molecule has 0 aliphatic carbocycles. The van der Waals surface area contributed by atoms with Crippen LogP contribution in [0.1, 0.15) is 105 Å². The van der Waals surface area contributed by atoms with Gasteiger partial charge < -0.3 is 39.9 Å². The molecule has 1 aromatic heterocycles. The molecule has 4 N–H and O–H groups in total. The fourth-order valence-corrected chi connectivity index (χ4v) is 12.1.